The maximum absolute atomic E-state index is 12.2. The van der Waals surface area contributed by atoms with Gasteiger partial charge in [0.05, 0.1) is 18.5 Å². The molecule has 1 fully saturated rings. The van der Waals surface area contributed by atoms with Gasteiger partial charge in [0.25, 0.3) is 5.56 Å². The van der Waals surface area contributed by atoms with Crippen LogP contribution in [0.3, 0.4) is 0 Å². The Morgan fingerprint density at radius 1 is 1.28 bits per heavy atom. The van der Waals surface area contributed by atoms with Crippen molar-refractivity contribution in [1.29, 1.82) is 5.26 Å². The number of aromatic amines is 1. The quantitative estimate of drug-likeness (QED) is 0.366. The second-order valence-electron chi connectivity index (χ2n) is 6.32. The SMILES string of the molecule is N#Cc1c(-c2ccccc2)nc(NN=Cc2ccc(OCC3CO3)cc2)[nH]c1=O. The first-order chi connectivity index (χ1) is 14.2. The number of H-pyrrole nitrogens is 1. The summed E-state index contributed by atoms with van der Waals surface area (Å²) in [6, 6.07) is 18.4. The van der Waals surface area contributed by atoms with Crippen molar-refractivity contribution in [1.82, 2.24) is 9.97 Å². The largest absolute Gasteiger partial charge is 0.491 e. The fraction of sp³-hybridized carbons (Fsp3) is 0.143. The third-order valence-corrected chi connectivity index (χ3v) is 4.18. The monoisotopic (exact) mass is 387 g/mol. The molecule has 1 aromatic heterocycles. The van der Waals surface area contributed by atoms with Gasteiger partial charge >= 0.3 is 0 Å². The van der Waals surface area contributed by atoms with Crippen molar-refractivity contribution >= 4 is 12.2 Å². The Labute approximate surface area is 166 Å². The number of nitrogens with one attached hydrogen (secondary N) is 2. The van der Waals surface area contributed by atoms with Gasteiger partial charge in [-0.1, -0.05) is 30.3 Å². The van der Waals surface area contributed by atoms with E-state index < -0.39 is 5.56 Å². The van der Waals surface area contributed by atoms with E-state index >= 15 is 0 Å². The van der Waals surface area contributed by atoms with Gasteiger partial charge in [-0.3, -0.25) is 9.78 Å². The molecule has 0 saturated carbocycles. The summed E-state index contributed by atoms with van der Waals surface area (Å²) in [7, 11) is 0. The van der Waals surface area contributed by atoms with E-state index in [9.17, 15) is 10.1 Å². The molecule has 0 amide bonds. The Bertz CT molecular complexity index is 1110. The molecular weight excluding hydrogens is 370 g/mol. The minimum Gasteiger partial charge on any atom is -0.491 e. The van der Waals surface area contributed by atoms with Crippen LogP contribution in [0, 0.1) is 11.3 Å². The summed E-state index contributed by atoms with van der Waals surface area (Å²) in [5.41, 5.74) is 3.95. The van der Waals surface area contributed by atoms with Gasteiger partial charge in [0.15, 0.2) is 0 Å². The lowest BCUT2D eigenvalue weighted by Crippen LogP contribution is -2.16. The molecule has 0 spiro atoms. The van der Waals surface area contributed by atoms with Crippen LogP contribution in [-0.4, -0.2) is 35.5 Å². The van der Waals surface area contributed by atoms with Gasteiger partial charge in [-0.2, -0.15) is 10.4 Å². The van der Waals surface area contributed by atoms with Crippen molar-refractivity contribution in [3.05, 3.63) is 76.1 Å². The number of ether oxygens (including phenoxy) is 2. The maximum atomic E-state index is 12.2. The summed E-state index contributed by atoms with van der Waals surface area (Å²) in [4.78, 5) is 19.1. The number of epoxide rings is 1. The number of aromatic nitrogens is 2. The lowest BCUT2D eigenvalue weighted by Gasteiger charge is -2.06. The molecular formula is C21H17N5O3. The highest BCUT2D eigenvalue weighted by Crippen LogP contribution is 2.19. The standard InChI is InChI=1S/C21H17N5O3/c22-10-18-19(15-4-2-1-3-5-15)24-21(25-20(18)27)26-23-11-14-6-8-16(9-7-14)28-12-17-13-29-17/h1-9,11,17H,12-13H2,(H2,24,25,26,27). The summed E-state index contributed by atoms with van der Waals surface area (Å²) in [6.07, 6.45) is 1.80. The zero-order valence-electron chi connectivity index (χ0n) is 15.3. The van der Waals surface area contributed by atoms with E-state index in [1.807, 2.05) is 48.5 Å². The van der Waals surface area contributed by atoms with Gasteiger partial charge in [0, 0.05) is 5.56 Å². The zero-order valence-corrected chi connectivity index (χ0v) is 15.3. The van der Waals surface area contributed by atoms with Gasteiger partial charge in [-0.05, 0) is 29.8 Å². The van der Waals surface area contributed by atoms with Crippen molar-refractivity contribution in [2.24, 2.45) is 5.10 Å². The average molecular weight is 387 g/mol. The molecule has 2 heterocycles. The Morgan fingerprint density at radius 3 is 2.72 bits per heavy atom. The van der Waals surface area contributed by atoms with Crippen LogP contribution in [-0.2, 0) is 4.74 Å². The molecule has 4 rings (SSSR count). The molecule has 2 aromatic carbocycles. The molecule has 1 saturated heterocycles. The molecule has 8 heteroatoms. The lowest BCUT2D eigenvalue weighted by atomic mass is 10.1. The van der Waals surface area contributed by atoms with E-state index in [-0.39, 0.29) is 17.6 Å². The molecule has 0 aliphatic carbocycles. The second kappa shape index (κ2) is 8.37. The van der Waals surface area contributed by atoms with E-state index in [0.29, 0.717) is 17.9 Å². The number of hydrogen-bond donors (Lipinski definition) is 2. The minimum absolute atomic E-state index is 0.0436. The smallest absolute Gasteiger partial charge is 0.270 e. The molecule has 29 heavy (non-hydrogen) atoms. The Morgan fingerprint density at radius 2 is 2.03 bits per heavy atom. The van der Waals surface area contributed by atoms with Crippen LogP contribution in [0.1, 0.15) is 11.1 Å². The van der Waals surface area contributed by atoms with Crippen LogP contribution in [0.2, 0.25) is 0 Å². The fourth-order valence-corrected chi connectivity index (χ4v) is 2.61. The first-order valence-corrected chi connectivity index (χ1v) is 8.96. The maximum Gasteiger partial charge on any atom is 0.270 e. The Kier molecular flexibility index (Phi) is 5.31. The number of rotatable bonds is 7. The van der Waals surface area contributed by atoms with E-state index in [0.717, 1.165) is 17.9 Å². The predicted molar refractivity (Wildman–Crippen MR) is 108 cm³/mol. The number of hydrazone groups is 1. The van der Waals surface area contributed by atoms with Gasteiger partial charge in [-0.15, -0.1) is 0 Å². The lowest BCUT2D eigenvalue weighted by molar-refractivity contribution is 0.263. The van der Waals surface area contributed by atoms with Crippen molar-refractivity contribution in [3.63, 3.8) is 0 Å². The Hall–Kier alpha value is -3.96. The number of hydrogen-bond acceptors (Lipinski definition) is 7. The van der Waals surface area contributed by atoms with Crippen molar-refractivity contribution < 1.29 is 9.47 Å². The van der Waals surface area contributed by atoms with Crippen LogP contribution in [0.4, 0.5) is 5.95 Å². The third kappa shape index (κ3) is 4.66. The summed E-state index contributed by atoms with van der Waals surface area (Å²) in [6.45, 7) is 1.31. The first-order valence-electron chi connectivity index (χ1n) is 8.96. The van der Waals surface area contributed by atoms with Crippen LogP contribution in [0.5, 0.6) is 5.75 Å². The summed E-state index contributed by atoms with van der Waals surface area (Å²) < 4.78 is 10.7. The second-order valence-corrected chi connectivity index (χ2v) is 6.32. The van der Waals surface area contributed by atoms with Gasteiger partial charge < -0.3 is 9.47 Å². The molecule has 1 aliphatic rings. The molecule has 8 nitrogen and oxygen atoms in total. The van der Waals surface area contributed by atoms with Crippen molar-refractivity contribution in [2.45, 2.75) is 6.10 Å². The number of nitriles is 1. The van der Waals surface area contributed by atoms with E-state index in [2.05, 4.69) is 20.5 Å². The number of nitrogens with zero attached hydrogens (tertiary/aromatic N) is 3. The van der Waals surface area contributed by atoms with Crippen LogP contribution in [0.15, 0.2) is 64.5 Å². The third-order valence-electron chi connectivity index (χ3n) is 4.18. The first kappa shape index (κ1) is 18.4. The van der Waals surface area contributed by atoms with E-state index in [1.54, 1.807) is 18.3 Å². The van der Waals surface area contributed by atoms with E-state index in [1.165, 1.54) is 0 Å². The van der Waals surface area contributed by atoms with E-state index in [4.69, 9.17) is 9.47 Å². The molecule has 144 valence electrons. The summed E-state index contributed by atoms with van der Waals surface area (Å²) in [5.74, 6) is 0.907. The highest BCUT2D eigenvalue weighted by atomic mass is 16.6. The highest BCUT2D eigenvalue weighted by Gasteiger charge is 2.22. The highest BCUT2D eigenvalue weighted by molar-refractivity contribution is 5.80. The number of benzene rings is 2. The zero-order chi connectivity index (χ0) is 20.1. The molecule has 1 unspecified atom stereocenters. The van der Waals surface area contributed by atoms with Crippen molar-refractivity contribution in [3.8, 4) is 23.1 Å². The minimum atomic E-state index is -0.528. The summed E-state index contributed by atoms with van der Waals surface area (Å²) >= 11 is 0. The van der Waals surface area contributed by atoms with Crippen LogP contribution >= 0.6 is 0 Å². The molecule has 1 atom stereocenters. The normalized spacial score (nSPS) is 15.1. The number of anilines is 1. The molecule has 3 aromatic rings. The molecule has 2 N–H and O–H groups in total. The average Bonchev–Trinajstić information content (AvgIpc) is 3.58. The van der Waals surface area contributed by atoms with Gasteiger partial charge in [0.1, 0.15) is 30.1 Å². The Balaban J connectivity index is 1.47. The topological polar surface area (TPSA) is 116 Å². The van der Waals surface area contributed by atoms with Gasteiger partial charge in [-0.25, -0.2) is 10.4 Å². The van der Waals surface area contributed by atoms with Crippen molar-refractivity contribution in [2.75, 3.05) is 18.6 Å². The molecule has 0 bridgehead atoms. The predicted octanol–water partition coefficient (Wildman–Crippen LogP) is 2.53. The fourth-order valence-electron chi connectivity index (χ4n) is 2.61. The van der Waals surface area contributed by atoms with Crippen LogP contribution in [0.25, 0.3) is 11.3 Å². The molecule has 1 aliphatic heterocycles. The van der Waals surface area contributed by atoms with Gasteiger partial charge in [0.2, 0.25) is 5.95 Å². The summed E-state index contributed by atoms with van der Waals surface area (Å²) in [5, 5.41) is 13.4. The molecule has 0 radical (unpaired) electrons. The van der Waals surface area contributed by atoms with Crippen LogP contribution < -0.4 is 15.7 Å².